The second-order valence-corrected chi connectivity index (χ2v) is 6.25. The summed E-state index contributed by atoms with van der Waals surface area (Å²) in [6.07, 6.45) is 3.22. The van der Waals surface area contributed by atoms with Crippen molar-refractivity contribution in [3.8, 4) is 0 Å². The van der Waals surface area contributed by atoms with Gasteiger partial charge in [-0.05, 0) is 65.9 Å². The zero-order valence-electron chi connectivity index (χ0n) is 11.1. The zero-order chi connectivity index (χ0) is 13.8. The standard InChI is InChI=1S/C14H18BrClN2O.ClH/c15-13-8-11(16)3-4-12(13)14(19)18-7-1-2-10(9-18)5-6-17;/h3-4,8,10H,1-2,5-7,9,17H2;1H. The van der Waals surface area contributed by atoms with Crippen LogP contribution in [0.1, 0.15) is 29.6 Å². The minimum atomic E-state index is 0. The van der Waals surface area contributed by atoms with E-state index in [9.17, 15) is 4.79 Å². The maximum atomic E-state index is 12.5. The van der Waals surface area contributed by atoms with Crippen LogP contribution in [0.5, 0.6) is 0 Å². The first-order valence-electron chi connectivity index (χ1n) is 6.56. The Labute approximate surface area is 139 Å². The first-order valence-corrected chi connectivity index (χ1v) is 7.73. The molecule has 112 valence electrons. The molecule has 1 atom stereocenters. The van der Waals surface area contributed by atoms with Crippen molar-refractivity contribution < 1.29 is 4.79 Å². The summed E-state index contributed by atoms with van der Waals surface area (Å²) in [5, 5.41) is 0.628. The third-order valence-corrected chi connectivity index (χ3v) is 4.43. The normalized spacial score (nSPS) is 18.6. The van der Waals surface area contributed by atoms with Gasteiger partial charge in [0.2, 0.25) is 0 Å². The lowest BCUT2D eigenvalue weighted by molar-refractivity contribution is 0.0668. The van der Waals surface area contributed by atoms with Gasteiger partial charge in [-0.2, -0.15) is 0 Å². The highest BCUT2D eigenvalue weighted by molar-refractivity contribution is 9.10. The minimum absolute atomic E-state index is 0. The van der Waals surface area contributed by atoms with E-state index < -0.39 is 0 Å². The van der Waals surface area contributed by atoms with Crippen molar-refractivity contribution in [2.45, 2.75) is 19.3 Å². The Morgan fingerprint density at radius 2 is 2.25 bits per heavy atom. The Hall–Kier alpha value is -0.290. The van der Waals surface area contributed by atoms with Crippen molar-refractivity contribution in [3.05, 3.63) is 33.3 Å². The van der Waals surface area contributed by atoms with Crippen molar-refractivity contribution in [1.29, 1.82) is 0 Å². The highest BCUT2D eigenvalue weighted by Gasteiger charge is 2.25. The number of carbonyl (C=O) groups is 1. The van der Waals surface area contributed by atoms with Crippen molar-refractivity contribution in [2.75, 3.05) is 19.6 Å². The van der Waals surface area contributed by atoms with Gasteiger partial charge in [-0.25, -0.2) is 0 Å². The van der Waals surface area contributed by atoms with E-state index in [-0.39, 0.29) is 18.3 Å². The number of amides is 1. The number of benzene rings is 1. The number of nitrogens with zero attached hydrogens (tertiary/aromatic N) is 1. The Morgan fingerprint density at radius 1 is 1.50 bits per heavy atom. The Morgan fingerprint density at radius 3 is 2.90 bits per heavy atom. The van der Waals surface area contributed by atoms with Gasteiger partial charge in [0.05, 0.1) is 5.56 Å². The first kappa shape index (κ1) is 17.8. The molecule has 0 aromatic heterocycles. The molecular formula is C14H19BrCl2N2O. The Kier molecular flexibility index (Phi) is 7.30. The molecule has 6 heteroatoms. The van der Waals surface area contributed by atoms with Gasteiger partial charge >= 0.3 is 0 Å². The molecule has 1 amide bonds. The minimum Gasteiger partial charge on any atom is -0.338 e. The molecule has 1 aromatic rings. The van der Waals surface area contributed by atoms with Crippen LogP contribution in [0.15, 0.2) is 22.7 Å². The van der Waals surface area contributed by atoms with Gasteiger partial charge in [0.1, 0.15) is 0 Å². The SMILES string of the molecule is Cl.NCCC1CCCN(C(=O)c2ccc(Cl)cc2Br)C1. The third kappa shape index (κ3) is 4.35. The summed E-state index contributed by atoms with van der Waals surface area (Å²) in [7, 11) is 0. The average Bonchev–Trinajstić information content (AvgIpc) is 2.39. The molecule has 1 heterocycles. The van der Waals surface area contributed by atoms with Gasteiger partial charge in [0.15, 0.2) is 0 Å². The number of piperidine rings is 1. The van der Waals surface area contributed by atoms with E-state index in [0.717, 1.165) is 30.4 Å². The van der Waals surface area contributed by atoms with Crippen LogP contribution in [-0.2, 0) is 0 Å². The molecule has 2 N–H and O–H groups in total. The summed E-state index contributed by atoms with van der Waals surface area (Å²) in [4.78, 5) is 14.4. The molecule has 1 aliphatic heterocycles. The van der Waals surface area contributed by atoms with E-state index in [1.165, 1.54) is 6.42 Å². The molecule has 2 rings (SSSR count). The number of likely N-dealkylation sites (tertiary alicyclic amines) is 1. The quantitative estimate of drug-likeness (QED) is 0.866. The van der Waals surface area contributed by atoms with Crippen LogP contribution in [0.25, 0.3) is 0 Å². The lowest BCUT2D eigenvalue weighted by Crippen LogP contribution is -2.40. The predicted octanol–water partition coefficient (Wildman–Crippen LogP) is 3.73. The fraction of sp³-hybridized carbons (Fsp3) is 0.500. The molecule has 0 aliphatic carbocycles. The fourth-order valence-electron chi connectivity index (χ4n) is 2.55. The van der Waals surface area contributed by atoms with E-state index in [1.807, 2.05) is 4.90 Å². The molecule has 0 spiro atoms. The predicted molar refractivity (Wildman–Crippen MR) is 88.7 cm³/mol. The number of nitrogens with two attached hydrogens (primary N) is 1. The van der Waals surface area contributed by atoms with Crippen LogP contribution < -0.4 is 5.73 Å². The van der Waals surface area contributed by atoms with Crippen LogP contribution in [0, 0.1) is 5.92 Å². The molecule has 0 radical (unpaired) electrons. The first-order chi connectivity index (χ1) is 9.11. The topological polar surface area (TPSA) is 46.3 Å². The molecular weight excluding hydrogens is 363 g/mol. The molecule has 3 nitrogen and oxygen atoms in total. The summed E-state index contributed by atoms with van der Waals surface area (Å²) in [5.41, 5.74) is 6.29. The molecule has 0 bridgehead atoms. The van der Waals surface area contributed by atoms with Crippen molar-refractivity contribution in [3.63, 3.8) is 0 Å². The maximum absolute atomic E-state index is 12.5. The second kappa shape index (κ2) is 8.23. The second-order valence-electron chi connectivity index (χ2n) is 4.96. The van der Waals surface area contributed by atoms with Crippen LogP contribution in [0.4, 0.5) is 0 Å². The third-order valence-electron chi connectivity index (χ3n) is 3.54. The largest absolute Gasteiger partial charge is 0.338 e. The smallest absolute Gasteiger partial charge is 0.255 e. The van der Waals surface area contributed by atoms with E-state index in [2.05, 4.69) is 15.9 Å². The number of hydrogen-bond acceptors (Lipinski definition) is 2. The molecule has 1 aromatic carbocycles. The fourth-order valence-corrected chi connectivity index (χ4v) is 3.41. The van der Waals surface area contributed by atoms with Gasteiger partial charge in [-0.3, -0.25) is 4.79 Å². The number of rotatable bonds is 3. The number of hydrogen-bond donors (Lipinski definition) is 1. The summed E-state index contributed by atoms with van der Waals surface area (Å²) in [6, 6.07) is 5.29. The van der Waals surface area contributed by atoms with Gasteiger partial charge in [0.25, 0.3) is 5.91 Å². The molecule has 20 heavy (non-hydrogen) atoms. The molecule has 1 fully saturated rings. The number of carbonyl (C=O) groups excluding carboxylic acids is 1. The highest BCUT2D eigenvalue weighted by atomic mass is 79.9. The monoisotopic (exact) mass is 380 g/mol. The van der Waals surface area contributed by atoms with Crippen LogP contribution in [0.2, 0.25) is 5.02 Å². The van der Waals surface area contributed by atoms with Crippen molar-refractivity contribution in [1.82, 2.24) is 4.90 Å². The van der Waals surface area contributed by atoms with Crippen molar-refractivity contribution in [2.24, 2.45) is 11.7 Å². The molecule has 0 saturated carbocycles. The maximum Gasteiger partial charge on any atom is 0.255 e. The average molecular weight is 382 g/mol. The van der Waals surface area contributed by atoms with E-state index in [1.54, 1.807) is 18.2 Å². The van der Waals surface area contributed by atoms with Crippen LogP contribution in [0.3, 0.4) is 0 Å². The zero-order valence-corrected chi connectivity index (χ0v) is 14.3. The summed E-state index contributed by atoms with van der Waals surface area (Å²) >= 11 is 9.31. The lowest BCUT2D eigenvalue weighted by atomic mass is 9.94. The Bertz CT molecular complexity index is 468. The van der Waals surface area contributed by atoms with Gasteiger partial charge in [0, 0.05) is 22.6 Å². The number of halogens is 3. The van der Waals surface area contributed by atoms with E-state index in [4.69, 9.17) is 17.3 Å². The van der Waals surface area contributed by atoms with Crippen LogP contribution >= 0.6 is 39.9 Å². The molecule has 1 unspecified atom stereocenters. The van der Waals surface area contributed by atoms with Gasteiger partial charge < -0.3 is 10.6 Å². The summed E-state index contributed by atoms with van der Waals surface area (Å²) < 4.78 is 0.756. The van der Waals surface area contributed by atoms with E-state index >= 15 is 0 Å². The summed E-state index contributed by atoms with van der Waals surface area (Å²) in [5.74, 6) is 0.610. The molecule has 1 saturated heterocycles. The summed E-state index contributed by atoms with van der Waals surface area (Å²) in [6.45, 7) is 2.33. The van der Waals surface area contributed by atoms with Gasteiger partial charge in [-0.1, -0.05) is 11.6 Å². The highest BCUT2D eigenvalue weighted by Crippen LogP contribution is 2.26. The van der Waals surface area contributed by atoms with Crippen LogP contribution in [-0.4, -0.2) is 30.4 Å². The Balaban J connectivity index is 0.00000200. The van der Waals surface area contributed by atoms with E-state index in [0.29, 0.717) is 23.0 Å². The molecule has 1 aliphatic rings. The van der Waals surface area contributed by atoms with Gasteiger partial charge in [-0.15, -0.1) is 12.4 Å². The van der Waals surface area contributed by atoms with Crippen molar-refractivity contribution >= 4 is 45.8 Å². The lowest BCUT2D eigenvalue weighted by Gasteiger charge is -2.33.